The van der Waals surface area contributed by atoms with Crippen LogP contribution >= 0.6 is 0 Å². The molecule has 6 heteroatoms. The van der Waals surface area contributed by atoms with E-state index in [2.05, 4.69) is 10.3 Å². The molecule has 0 spiro atoms. The molecule has 2 rings (SSSR count). The molecule has 1 amide bonds. The SMILES string of the molecule is Cc1cnc(C(C)NC(=O)c2cc(F)ccc2O)o1. The number of carbonyl (C=O) groups excluding carboxylic acids is 1. The van der Waals surface area contributed by atoms with E-state index in [1.165, 1.54) is 6.20 Å². The van der Waals surface area contributed by atoms with Crippen molar-refractivity contribution in [2.45, 2.75) is 19.9 Å². The number of aromatic hydroxyl groups is 1. The number of carbonyl (C=O) groups is 1. The molecule has 2 N–H and O–H groups in total. The molecule has 0 fully saturated rings. The molecule has 1 atom stereocenters. The van der Waals surface area contributed by atoms with Crippen LogP contribution in [0.25, 0.3) is 0 Å². The van der Waals surface area contributed by atoms with E-state index in [4.69, 9.17) is 4.42 Å². The lowest BCUT2D eigenvalue weighted by molar-refractivity contribution is 0.0930. The minimum Gasteiger partial charge on any atom is -0.507 e. The van der Waals surface area contributed by atoms with Gasteiger partial charge in [-0.2, -0.15) is 0 Å². The van der Waals surface area contributed by atoms with Gasteiger partial charge in [0, 0.05) is 0 Å². The molecule has 0 radical (unpaired) electrons. The Labute approximate surface area is 109 Å². The molecule has 1 aromatic carbocycles. The number of aryl methyl sites for hydroxylation is 1. The second-order valence-corrected chi connectivity index (χ2v) is 4.17. The van der Waals surface area contributed by atoms with E-state index in [0.29, 0.717) is 11.7 Å². The average molecular weight is 264 g/mol. The van der Waals surface area contributed by atoms with Crippen LogP contribution in [-0.4, -0.2) is 16.0 Å². The van der Waals surface area contributed by atoms with Crippen molar-refractivity contribution < 1.29 is 18.7 Å². The first kappa shape index (κ1) is 13.1. The zero-order valence-electron chi connectivity index (χ0n) is 10.5. The maximum atomic E-state index is 13.0. The van der Waals surface area contributed by atoms with Crippen LogP contribution in [0.15, 0.2) is 28.8 Å². The maximum absolute atomic E-state index is 13.0. The fourth-order valence-corrected chi connectivity index (χ4v) is 1.60. The Kier molecular flexibility index (Phi) is 3.50. The molecule has 2 aromatic rings. The second kappa shape index (κ2) is 5.09. The first-order valence-electron chi connectivity index (χ1n) is 5.69. The standard InChI is InChI=1S/C13H13FN2O3/c1-7-6-15-13(19-7)8(2)16-12(18)10-5-9(14)3-4-11(10)17/h3-6,8,17H,1-2H3,(H,16,18). The number of nitrogens with zero attached hydrogens (tertiary/aromatic N) is 1. The summed E-state index contributed by atoms with van der Waals surface area (Å²) in [6.45, 7) is 3.42. The zero-order chi connectivity index (χ0) is 14.0. The summed E-state index contributed by atoms with van der Waals surface area (Å²) in [5.74, 6) is -0.496. The Balaban J connectivity index is 2.15. The monoisotopic (exact) mass is 264 g/mol. The van der Waals surface area contributed by atoms with Crippen LogP contribution in [0, 0.1) is 12.7 Å². The quantitative estimate of drug-likeness (QED) is 0.892. The van der Waals surface area contributed by atoms with E-state index in [1.807, 2.05) is 0 Å². The Morgan fingerprint density at radius 2 is 2.26 bits per heavy atom. The molecule has 0 aliphatic rings. The van der Waals surface area contributed by atoms with Gasteiger partial charge in [0.15, 0.2) is 0 Å². The molecule has 1 heterocycles. The highest BCUT2D eigenvalue weighted by Gasteiger charge is 2.18. The highest BCUT2D eigenvalue weighted by molar-refractivity contribution is 5.96. The summed E-state index contributed by atoms with van der Waals surface area (Å²) in [4.78, 5) is 15.9. The van der Waals surface area contributed by atoms with E-state index < -0.39 is 17.8 Å². The van der Waals surface area contributed by atoms with Crippen molar-refractivity contribution in [3.63, 3.8) is 0 Å². The van der Waals surface area contributed by atoms with Crippen LogP contribution < -0.4 is 5.32 Å². The van der Waals surface area contributed by atoms with E-state index >= 15 is 0 Å². The van der Waals surface area contributed by atoms with E-state index in [9.17, 15) is 14.3 Å². The van der Waals surface area contributed by atoms with Crippen molar-refractivity contribution in [3.8, 4) is 5.75 Å². The van der Waals surface area contributed by atoms with Crippen molar-refractivity contribution >= 4 is 5.91 Å². The van der Waals surface area contributed by atoms with Crippen molar-refractivity contribution in [1.29, 1.82) is 0 Å². The molecule has 0 aliphatic heterocycles. The van der Waals surface area contributed by atoms with Crippen LogP contribution in [0.1, 0.15) is 35.0 Å². The molecule has 19 heavy (non-hydrogen) atoms. The number of aromatic nitrogens is 1. The first-order chi connectivity index (χ1) is 8.97. The minimum absolute atomic E-state index is 0.130. The lowest BCUT2D eigenvalue weighted by Gasteiger charge is -2.11. The fourth-order valence-electron chi connectivity index (χ4n) is 1.60. The molecule has 0 saturated heterocycles. The fraction of sp³-hybridized carbons (Fsp3) is 0.231. The normalized spacial score (nSPS) is 12.2. The largest absolute Gasteiger partial charge is 0.507 e. The van der Waals surface area contributed by atoms with Crippen LogP contribution in [0.4, 0.5) is 4.39 Å². The number of phenolic OH excluding ortho intramolecular Hbond substituents is 1. The molecular weight excluding hydrogens is 251 g/mol. The highest BCUT2D eigenvalue weighted by Crippen LogP contribution is 2.19. The van der Waals surface area contributed by atoms with Gasteiger partial charge in [0.2, 0.25) is 5.89 Å². The van der Waals surface area contributed by atoms with Crippen LogP contribution in [0.2, 0.25) is 0 Å². The number of halogens is 1. The molecule has 0 bridgehead atoms. The topological polar surface area (TPSA) is 75.4 Å². The number of hydrogen-bond acceptors (Lipinski definition) is 4. The first-order valence-corrected chi connectivity index (χ1v) is 5.69. The Hall–Kier alpha value is -2.37. The van der Waals surface area contributed by atoms with Crippen molar-refractivity contribution in [2.75, 3.05) is 0 Å². The zero-order valence-corrected chi connectivity index (χ0v) is 10.5. The summed E-state index contributed by atoms with van der Waals surface area (Å²) in [6.07, 6.45) is 1.54. The van der Waals surface area contributed by atoms with E-state index in [1.54, 1.807) is 13.8 Å². The summed E-state index contributed by atoms with van der Waals surface area (Å²) in [5, 5.41) is 12.1. The number of benzene rings is 1. The van der Waals surface area contributed by atoms with Crippen molar-refractivity contribution in [2.24, 2.45) is 0 Å². The molecule has 1 aromatic heterocycles. The number of rotatable bonds is 3. The Morgan fingerprint density at radius 1 is 1.53 bits per heavy atom. The maximum Gasteiger partial charge on any atom is 0.255 e. The average Bonchev–Trinajstić information content (AvgIpc) is 2.79. The third-order valence-electron chi connectivity index (χ3n) is 2.56. The van der Waals surface area contributed by atoms with Gasteiger partial charge in [-0.1, -0.05) is 0 Å². The lowest BCUT2D eigenvalue weighted by atomic mass is 10.1. The second-order valence-electron chi connectivity index (χ2n) is 4.17. The predicted octanol–water partition coefficient (Wildman–Crippen LogP) is 2.32. The van der Waals surface area contributed by atoms with E-state index in [-0.39, 0.29) is 11.3 Å². The van der Waals surface area contributed by atoms with Gasteiger partial charge < -0.3 is 14.8 Å². The van der Waals surface area contributed by atoms with Crippen LogP contribution in [0.5, 0.6) is 5.75 Å². The summed E-state index contributed by atoms with van der Waals surface area (Å²) in [7, 11) is 0. The molecule has 1 unspecified atom stereocenters. The van der Waals surface area contributed by atoms with Gasteiger partial charge in [0.05, 0.1) is 11.8 Å². The molecular formula is C13H13FN2O3. The molecule has 0 saturated carbocycles. The molecule has 0 aliphatic carbocycles. The van der Waals surface area contributed by atoms with Crippen LogP contribution in [0.3, 0.4) is 0 Å². The smallest absolute Gasteiger partial charge is 0.255 e. The Morgan fingerprint density at radius 3 is 2.89 bits per heavy atom. The lowest BCUT2D eigenvalue weighted by Crippen LogP contribution is -2.27. The van der Waals surface area contributed by atoms with E-state index in [0.717, 1.165) is 18.2 Å². The van der Waals surface area contributed by atoms with Crippen molar-refractivity contribution in [3.05, 3.63) is 47.4 Å². The third-order valence-corrected chi connectivity index (χ3v) is 2.56. The Bertz CT molecular complexity index is 610. The number of nitrogens with one attached hydrogen (secondary N) is 1. The summed E-state index contributed by atoms with van der Waals surface area (Å²) < 4.78 is 18.3. The summed E-state index contributed by atoms with van der Waals surface area (Å²) >= 11 is 0. The van der Waals surface area contributed by atoms with Gasteiger partial charge in [0.25, 0.3) is 5.91 Å². The predicted molar refractivity (Wildman–Crippen MR) is 65.2 cm³/mol. The van der Waals surface area contributed by atoms with Gasteiger partial charge in [-0.05, 0) is 32.0 Å². The highest BCUT2D eigenvalue weighted by atomic mass is 19.1. The molecule has 5 nitrogen and oxygen atoms in total. The van der Waals surface area contributed by atoms with Gasteiger partial charge in [-0.25, -0.2) is 9.37 Å². The number of amides is 1. The van der Waals surface area contributed by atoms with Gasteiger partial charge in [0.1, 0.15) is 23.4 Å². The number of oxazole rings is 1. The van der Waals surface area contributed by atoms with Gasteiger partial charge >= 0.3 is 0 Å². The van der Waals surface area contributed by atoms with Crippen molar-refractivity contribution in [1.82, 2.24) is 10.3 Å². The van der Waals surface area contributed by atoms with Gasteiger partial charge in [-0.3, -0.25) is 4.79 Å². The number of hydrogen-bond donors (Lipinski definition) is 2. The van der Waals surface area contributed by atoms with Gasteiger partial charge in [-0.15, -0.1) is 0 Å². The summed E-state index contributed by atoms with van der Waals surface area (Å²) in [6, 6.07) is 2.69. The molecule has 100 valence electrons. The minimum atomic E-state index is -0.597. The third kappa shape index (κ3) is 2.90. The van der Waals surface area contributed by atoms with Crippen LogP contribution in [-0.2, 0) is 0 Å². The summed E-state index contributed by atoms with van der Waals surface area (Å²) in [5.41, 5.74) is -0.130. The number of phenols is 1.